The Morgan fingerprint density at radius 3 is 1.95 bits per heavy atom. The van der Waals surface area contributed by atoms with Gasteiger partial charge in [0.05, 0.1) is 59.5 Å². The van der Waals surface area contributed by atoms with Gasteiger partial charge in [0, 0.05) is 0 Å². The number of aromatic amines is 1. The number of nitrogens with one attached hydrogen (secondary N) is 1. The van der Waals surface area contributed by atoms with E-state index in [1.54, 1.807) is 18.6 Å². The van der Waals surface area contributed by atoms with Crippen molar-refractivity contribution in [3.63, 3.8) is 0 Å². The molecule has 20 heavy (non-hydrogen) atoms. The van der Waals surface area contributed by atoms with Crippen molar-refractivity contribution in [1.29, 1.82) is 0 Å². The monoisotopic (exact) mass is 320 g/mol. The number of aromatic nitrogens is 8. The number of hydrogen-bond donors (Lipinski definition) is 1. The first-order chi connectivity index (χ1) is 9.92. The average Bonchev–Trinajstić information content (AvgIpc) is 3.22. The smallest absolute Gasteiger partial charge is 0.160 e. The van der Waals surface area contributed by atoms with E-state index in [-0.39, 0.29) is 0 Å². The predicted octanol–water partition coefficient (Wildman–Crippen LogP) is 1.97. The lowest BCUT2D eigenvalue weighted by Gasteiger charge is -1.93. The minimum Gasteiger partial charge on any atom is -0.335 e. The molecule has 11 heteroatoms. The molecule has 0 aromatic carbocycles. The molecule has 0 spiro atoms. The Bertz CT molecular complexity index is 750. The molecule has 4 heterocycles. The van der Waals surface area contributed by atoms with Crippen molar-refractivity contribution >= 4 is 35.2 Å². The molecule has 4 aromatic heterocycles. The Kier molecular flexibility index (Phi) is 2.79. The molecule has 0 unspecified atom stereocenters. The maximum absolute atomic E-state index is 4.54. The van der Waals surface area contributed by atoms with Crippen LogP contribution in [0.15, 0.2) is 18.6 Å². The summed E-state index contributed by atoms with van der Waals surface area (Å²) in [5.74, 6) is 0.629. The number of hydrogen-bond acceptors (Lipinski definition) is 10. The van der Waals surface area contributed by atoms with E-state index in [1.807, 2.05) is 0 Å². The molecule has 0 aliphatic carbocycles. The van der Waals surface area contributed by atoms with Gasteiger partial charge in [-0.3, -0.25) is 0 Å². The highest BCUT2D eigenvalue weighted by Gasteiger charge is 2.19. The Labute approximate surface area is 124 Å². The molecule has 0 saturated heterocycles. The summed E-state index contributed by atoms with van der Waals surface area (Å²) < 4.78 is 24.6. The zero-order valence-corrected chi connectivity index (χ0v) is 12.0. The van der Waals surface area contributed by atoms with E-state index in [1.165, 1.54) is 0 Å². The lowest BCUT2D eigenvalue weighted by molar-refractivity contribution is 1.27. The van der Waals surface area contributed by atoms with E-state index in [0.29, 0.717) is 22.9 Å². The van der Waals surface area contributed by atoms with Crippen molar-refractivity contribution in [2.75, 3.05) is 0 Å². The second kappa shape index (κ2) is 4.77. The lowest BCUT2D eigenvalue weighted by atomic mass is 10.2. The lowest BCUT2D eigenvalue weighted by Crippen LogP contribution is -1.83. The van der Waals surface area contributed by atoms with Crippen LogP contribution in [-0.2, 0) is 0 Å². The van der Waals surface area contributed by atoms with E-state index >= 15 is 0 Å². The van der Waals surface area contributed by atoms with Crippen LogP contribution in [0.5, 0.6) is 0 Å². The molecule has 0 saturated carbocycles. The van der Waals surface area contributed by atoms with Crippen LogP contribution in [0, 0.1) is 0 Å². The molecule has 0 bridgehead atoms. The van der Waals surface area contributed by atoms with Gasteiger partial charge in [0.25, 0.3) is 0 Å². The van der Waals surface area contributed by atoms with Crippen molar-refractivity contribution in [3.05, 3.63) is 18.6 Å². The van der Waals surface area contributed by atoms with Crippen molar-refractivity contribution < 1.29 is 0 Å². The molecule has 4 rings (SSSR count). The van der Waals surface area contributed by atoms with Crippen LogP contribution in [0.3, 0.4) is 0 Å². The Balaban J connectivity index is 1.92. The van der Waals surface area contributed by atoms with Gasteiger partial charge >= 0.3 is 0 Å². The maximum Gasteiger partial charge on any atom is 0.160 e. The van der Waals surface area contributed by atoms with Crippen molar-refractivity contribution in [3.8, 4) is 34.3 Å². The molecule has 1 N–H and O–H groups in total. The third-order valence-electron chi connectivity index (χ3n) is 2.53. The van der Waals surface area contributed by atoms with Gasteiger partial charge < -0.3 is 4.98 Å². The SMILES string of the molecule is c1nsnc1-c1nc(-c2cnsn2)c(-c2cnsn2)[nH]1. The topological polar surface area (TPSA) is 106 Å². The highest BCUT2D eigenvalue weighted by molar-refractivity contribution is 6.99. The second-order valence-corrected chi connectivity index (χ2v) is 5.36. The third-order valence-corrected chi connectivity index (χ3v) is 3.96. The van der Waals surface area contributed by atoms with Crippen LogP contribution in [0.25, 0.3) is 34.3 Å². The van der Waals surface area contributed by atoms with Crippen molar-refractivity contribution in [2.45, 2.75) is 0 Å². The summed E-state index contributed by atoms with van der Waals surface area (Å²) >= 11 is 3.41. The zero-order chi connectivity index (χ0) is 13.4. The molecule has 0 amide bonds. The van der Waals surface area contributed by atoms with Gasteiger partial charge in [0.15, 0.2) is 5.82 Å². The molecule has 4 aromatic rings. The number of nitrogens with zero attached hydrogens (tertiary/aromatic N) is 7. The van der Waals surface area contributed by atoms with Crippen LogP contribution >= 0.6 is 35.2 Å². The summed E-state index contributed by atoms with van der Waals surface area (Å²) in [6.45, 7) is 0. The molecular weight excluding hydrogens is 316 g/mol. The van der Waals surface area contributed by atoms with Crippen LogP contribution in [-0.4, -0.2) is 36.2 Å². The summed E-state index contributed by atoms with van der Waals surface area (Å²) in [4.78, 5) is 7.75. The first-order valence-electron chi connectivity index (χ1n) is 5.35. The van der Waals surface area contributed by atoms with Crippen molar-refractivity contribution in [1.82, 2.24) is 36.2 Å². The minimum atomic E-state index is 0.629. The number of H-pyrrole nitrogens is 1. The summed E-state index contributed by atoms with van der Waals surface area (Å²) in [6, 6.07) is 0. The standard InChI is InChI=1S/C9H4N8S3/c1-4(15-18-10-1)7-8(5-2-11-19-16-5)14-9(13-7)6-3-12-20-17-6/h1-3H,(H,13,14). The fourth-order valence-corrected chi connectivity index (χ4v) is 2.93. The Hall–Kier alpha value is -2.11. The first kappa shape index (κ1) is 11.7. The van der Waals surface area contributed by atoms with Crippen LogP contribution in [0.1, 0.15) is 0 Å². The Morgan fingerprint density at radius 2 is 1.35 bits per heavy atom. The molecule has 0 aliphatic rings. The highest BCUT2D eigenvalue weighted by Crippen LogP contribution is 2.30. The molecule has 0 aliphatic heterocycles. The molecule has 98 valence electrons. The van der Waals surface area contributed by atoms with E-state index in [2.05, 4.69) is 36.2 Å². The van der Waals surface area contributed by atoms with Gasteiger partial charge in [-0.05, 0) is 0 Å². The predicted molar refractivity (Wildman–Crippen MR) is 75.3 cm³/mol. The van der Waals surface area contributed by atoms with Gasteiger partial charge in [0.2, 0.25) is 0 Å². The van der Waals surface area contributed by atoms with Gasteiger partial charge in [-0.1, -0.05) is 0 Å². The molecule has 0 radical (unpaired) electrons. The summed E-state index contributed by atoms with van der Waals surface area (Å²) in [5, 5.41) is 0. The Morgan fingerprint density at radius 1 is 0.750 bits per heavy atom. The quantitative estimate of drug-likeness (QED) is 0.615. The highest BCUT2D eigenvalue weighted by atomic mass is 32.1. The van der Waals surface area contributed by atoms with E-state index in [9.17, 15) is 0 Å². The molecule has 8 nitrogen and oxygen atoms in total. The maximum atomic E-state index is 4.54. The van der Waals surface area contributed by atoms with E-state index in [4.69, 9.17) is 0 Å². The van der Waals surface area contributed by atoms with Crippen LogP contribution in [0.4, 0.5) is 0 Å². The number of rotatable bonds is 3. The third kappa shape index (κ3) is 1.92. The summed E-state index contributed by atoms with van der Waals surface area (Å²) in [6.07, 6.45) is 5.02. The largest absolute Gasteiger partial charge is 0.335 e. The normalized spacial score (nSPS) is 11.0. The van der Waals surface area contributed by atoms with Crippen LogP contribution in [0.2, 0.25) is 0 Å². The fourth-order valence-electron chi connectivity index (χ4n) is 1.68. The summed E-state index contributed by atoms with van der Waals surface area (Å²) in [5.41, 5.74) is 3.56. The van der Waals surface area contributed by atoms with Crippen LogP contribution < -0.4 is 0 Å². The molecular formula is C9H4N8S3. The fraction of sp³-hybridized carbons (Fsp3) is 0. The van der Waals surface area contributed by atoms with Gasteiger partial charge in [-0.25, -0.2) is 4.98 Å². The number of imidazole rings is 1. The van der Waals surface area contributed by atoms with Gasteiger partial charge in [-0.2, -0.15) is 26.2 Å². The van der Waals surface area contributed by atoms with Gasteiger partial charge in [-0.15, -0.1) is 0 Å². The first-order valence-corrected chi connectivity index (χ1v) is 7.54. The minimum absolute atomic E-state index is 0.629. The molecule has 0 atom stereocenters. The second-order valence-electron chi connectivity index (χ2n) is 3.69. The zero-order valence-electron chi connectivity index (χ0n) is 9.59. The van der Waals surface area contributed by atoms with E-state index < -0.39 is 0 Å². The summed E-state index contributed by atoms with van der Waals surface area (Å²) in [7, 11) is 0. The molecule has 0 fully saturated rings. The average molecular weight is 320 g/mol. The van der Waals surface area contributed by atoms with Crippen molar-refractivity contribution in [2.24, 2.45) is 0 Å². The van der Waals surface area contributed by atoms with E-state index in [0.717, 1.165) is 46.6 Å². The van der Waals surface area contributed by atoms with Gasteiger partial charge in [0.1, 0.15) is 22.8 Å².